The molecule has 2 aromatic rings. The number of rotatable bonds is 1. The average Bonchev–Trinajstić information content (AvgIpc) is 2.81. The van der Waals surface area contributed by atoms with Crippen LogP contribution in [0.3, 0.4) is 0 Å². The fourth-order valence-corrected chi connectivity index (χ4v) is 1.89. The summed E-state index contributed by atoms with van der Waals surface area (Å²) in [7, 11) is 0. The van der Waals surface area contributed by atoms with Gasteiger partial charge in [0, 0.05) is 10.9 Å². The zero-order valence-corrected chi connectivity index (χ0v) is 8.45. The number of benzene rings is 1. The molecule has 0 saturated carbocycles. The van der Waals surface area contributed by atoms with Gasteiger partial charge in [0.15, 0.2) is 0 Å². The zero-order valence-electron chi connectivity index (χ0n) is 7.64. The Morgan fingerprint density at radius 3 is 2.27 bits per heavy atom. The zero-order chi connectivity index (χ0) is 10.7. The molecule has 1 aromatic heterocycles. The van der Waals surface area contributed by atoms with E-state index >= 15 is 0 Å². The predicted molar refractivity (Wildman–Crippen MR) is 57.0 cm³/mol. The smallest absolute Gasteiger partial charge is 0.0999 e. The summed E-state index contributed by atoms with van der Waals surface area (Å²) in [5, 5.41) is 19.7. The molecule has 0 radical (unpaired) electrons. The largest absolute Gasteiger partial charge is 0.245 e. The Morgan fingerprint density at radius 1 is 1.13 bits per heavy atom. The first-order valence-electron chi connectivity index (χ1n) is 4.18. The molecule has 4 heteroatoms. The van der Waals surface area contributed by atoms with Crippen molar-refractivity contribution in [2.45, 2.75) is 0 Å². The summed E-state index contributed by atoms with van der Waals surface area (Å²) in [5.74, 6) is 0. The molecule has 0 fully saturated rings. The monoisotopic (exact) mass is 211 g/mol. The first kappa shape index (κ1) is 9.39. The molecular formula is C11H5N3S. The number of nitrogens with zero attached hydrogens (tertiary/aromatic N) is 3. The molecule has 0 aliphatic heterocycles. The van der Waals surface area contributed by atoms with Crippen LogP contribution >= 0.6 is 11.3 Å². The molecule has 0 aliphatic rings. The molecule has 0 amide bonds. The Kier molecular flexibility index (Phi) is 2.45. The molecule has 0 bridgehead atoms. The molecule has 2 rings (SSSR count). The molecule has 0 aliphatic carbocycles. The molecule has 1 heterocycles. The van der Waals surface area contributed by atoms with Crippen LogP contribution in [0.25, 0.3) is 11.3 Å². The van der Waals surface area contributed by atoms with E-state index in [1.807, 2.05) is 5.38 Å². The van der Waals surface area contributed by atoms with Gasteiger partial charge in [0.05, 0.1) is 34.5 Å². The van der Waals surface area contributed by atoms with E-state index in [0.717, 1.165) is 0 Å². The van der Waals surface area contributed by atoms with Crippen molar-refractivity contribution < 1.29 is 0 Å². The van der Waals surface area contributed by atoms with E-state index in [1.165, 1.54) is 11.3 Å². The summed E-state index contributed by atoms with van der Waals surface area (Å²) >= 11 is 1.44. The highest BCUT2D eigenvalue weighted by Crippen LogP contribution is 2.26. The third-order valence-electron chi connectivity index (χ3n) is 1.99. The van der Waals surface area contributed by atoms with Crippen molar-refractivity contribution in [2.24, 2.45) is 0 Å². The van der Waals surface area contributed by atoms with E-state index in [1.54, 1.807) is 23.7 Å². The normalized spacial score (nSPS) is 9.20. The molecule has 0 spiro atoms. The molecule has 0 N–H and O–H groups in total. The lowest BCUT2D eigenvalue weighted by Gasteiger charge is -2.01. The van der Waals surface area contributed by atoms with Gasteiger partial charge in [0.25, 0.3) is 0 Å². The molecule has 0 saturated heterocycles. The van der Waals surface area contributed by atoms with Gasteiger partial charge in [-0.2, -0.15) is 10.5 Å². The maximum Gasteiger partial charge on any atom is 0.0999 e. The summed E-state index contributed by atoms with van der Waals surface area (Å²) in [4.78, 5) is 4.12. The van der Waals surface area contributed by atoms with E-state index in [4.69, 9.17) is 10.5 Å². The highest BCUT2D eigenvalue weighted by Gasteiger charge is 2.11. The van der Waals surface area contributed by atoms with Crippen LogP contribution in [0.15, 0.2) is 29.1 Å². The van der Waals surface area contributed by atoms with Gasteiger partial charge in [-0.15, -0.1) is 11.3 Å². The van der Waals surface area contributed by atoms with Crippen molar-refractivity contribution in [1.29, 1.82) is 10.5 Å². The minimum Gasteiger partial charge on any atom is -0.245 e. The summed E-state index contributed by atoms with van der Waals surface area (Å²) < 4.78 is 0. The maximum atomic E-state index is 8.95. The van der Waals surface area contributed by atoms with Gasteiger partial charge in [-0.05, 0) is 12.1 Å². The summed E-state index contributed by atoms with van der Waals surface area (Å²) in [5.41, 5.74) is 3.97. The minimum absolute atomic E-state index is 0.486. The molecule has 0 atom stereocenters. The number of hydrogen-bond donors (Lipinski definition) is 0. The minimum atomic E-state index is 0.486. The van der Waals surface area contributed by atoms with Crippen molar-refractivity contribution in [3.05, 3.63) is 40.2 Å². The predicted octanol–water partition coefficient (Wildman–Crippen LogP) is 2.55. The lowest BCUT2D eigenvalue weighted by molar-refractivity contribution is 1.37. The van der Waals surface area contributed by atoms with Gasteiger partial charge in [0.2, 0.25) is 0 Å². The lowest BCUT2D eigenvalue weighted by Crippen LogP contribution is -1.89. The van der Waals surface area contributed by atoms with Crippen molar-refractivity contribution in [1.82, 2.24) is 4.98 Å². The molecule has 70 valence electrons. The summed E-state index contributed by atoms with van der Waals surface area (Å²) in [6, 6.07) is 9.23. The van der Waals surface area contributed by atoms with Crippen LogP contribution in [0.2, 0.25) is 0 Å². The first-order valence-corrected chi connectivity index (χ1v) is 5.13. The van der Waals surface area contributed by atoms with E-state index in [-0.39, 0.29) is 0 Å². The van der Waals surface area contributed by atoms with E-state index in [9.17, 15) is 0 Å². The lowest BCUT2D eigenvalue weighted by atomic mass is 10.0. The Labute approximate surface area is 90.9 Å². The van der Waals surface area contributed by atoms with E-state index < -0.39 is 0 Å². The van der Waals surface area contributed by atoms with Gasteiger partial charge in [-0.25, -0.2) is 4.98 Å². The highest BCUT2D eigenvalue weighted by atomic mass is 32.1. The Morgan fingerprint density at radius 2 is 1.80 bits per heavy atom. The second-order valence-corrected chi connectivity index (χ2v) is 3.54. The third kappa shape index (κ3) is 1.59. The number of nitriles is 2. The SMILES string of the molecule is N#Cc1cccc(C#N)c1-c1cscn1. The van der Waals surface area contributed by atoms with Crippen LogP contribution in [0, 0.1) is 22.7 Å². The van der Waals surface area contributed by atoms with Crippen LogP contribution in [-0.2, 0) is 0 Å². The Bertz CT molecular complexity index is 526. The maximum absolute atomic E-state index is 8.95. The van der Waals surface area contributed by atoms with E-state index in [0.29, 0.717) is 22.4 Å². The molecule has 15 heavy (non-hydrogen) atoms. The summed E-state index contributed by atoms with van der Waals surface area (Å²) in [6.45, 7) is 0. The molecule has 3 nitrogen and oxygen atoms in total. The van der Waals surface area contributed by atoms with Gasteiger partial charge < -0.3 is 0 Å². The fraction of sp³-hybridized carbons (Fsp3) is 0. The van der Waals surface area contributed by atoms with Gasteiger partial charge >= 0.3 is 0 Å². The van der Waals surface area contributed by atoms with Crippen molar-refractivity contribution >= 4 is 11.3 Å². The quantitative estimate of drug-likeness (QED) is 0.728. The van der Waals surface area contributed by atoms with Crippen LogP contribution in [0.5, 0.6) is 0 Å². The van der Waals surface area contributed by atoms with Gasteiger partial charge in [0.1, 0.15) is 0 Å². The van der Waals surface area contributed by atoms with Crippen LogP contribution < -0.4 is 0 Å². The standard InChI is InChI=1S/C11H5N3S/c12-4-8-2-1-3-9(5-13)11(8)10-6-15-7-14-10/h1-3,6-7H. The molecule has 0 unspecified atom stereocenters. The van der Waals surface area contributed by atoms with Crippen LogP contribution in [-0.4, -0.2) is 4.98 Å². The Hall–Kier alpha value is -2.17. The third-order valence-corrected chi connectivity index (χ3v) is 2.58. The van der Waals surface area contributed by atoms with Crippen molar-refractivity contribution in [3.8, 4) is 23.4 Å². The number of aromatic nitrogens is 1. The van der Waals surface area contributed by atoms with E-state index in [2.05, 4.69) is 17.1 Å². The fourth-order valence-electron chi connectivity index (χ4n) is 1.35. The Balaban J connectivity index is 2.75. The topological polar surface area (TPSA) is 60.5 Å². The van der Waals surface area contributed by atoms with Crippen molar-refractivity contribution in [3.63, 3.8) is 0 Å². The average molecular weight is 211 g/mol. The van der Waals surface area contributed by atoms with Crippen LogP contribution in [0.4, 0.5) is 0 Å². The van der Waals surface area contributed by atoms with Crippen molar-refractivity contribution in [2.75, 3.05) is 0 Å². The molecular weight excluding hydrogens is 206 g/mol. The van der Waals surface area contributed by atoms with Gasteiger partial charge in [-0.1, -0.05) is 6.07 Å². The number of thiazole rings is 1. The first-order chi connectivity index (χ1) is 7.36. The second-order valence-electron chi connectivity index (χ2n) is 2.83. The van der Waals surface area contributed by atoms with Gasteiger partial charge in [-0.3, -0.25) is 0 Å². The highest BCUT2D eigenvalue weighted by molar-refractivity contribution is 7.07. The van der Waals surface area contributed by atoms with Crippen LogP contribution in [0.1, 0.15) is 11.1 Å². The second kappa shape index (κ2) is 3.91. The number of hydrogen-bond acceptors (Lipinski definition) is 4. The summed E-state index contributed by atoms with van der Waals surface area (Å²) in [6.07, 6.45) is 0. The molecule has 1 aromatic carbocycles.